The lowest BCUT2D eigenvalue weighted by molar-refractivity contribution is 0.0854. The smallest absolute Gasteiger partial charge is 0.256 e. The Morgan fingerprint density at radius 1 is 1.19 bits per heavy atom. The molecule has 0 unspecified atom stereocenters. The highest BCUT2D eigenvalue weighted by Crippen LogP contribution is 2.16. The van der Waals surface area contributed by atoms with E-state index in [2.05, 4.69) is 10.3 Å². The highest BCUT2D eigenvalue weighted by atomic mass is 19.1. The molecule has 0 radical (unpaired) electrons. The van der Waals surface area contributed by atoms with Crippen molar-refractivity contribution in [1.82, 2.24) is 5.32 Å². The van der Waals surface area contributed by atoms with E-state index in [0.717, 1.165) is 24.8 Å². The van der Waals surface area contributed by atoms with Crippen molar-refractivity contribution in [1.29, 1.82) is 0 Å². The molecule has 27 heavy (non-hydrogen) atoms. The van der Waals surface area contributed by atoms with Gasteiger partial charge in [0.25, 0.3) is 5.91 Å². The zero-order valence-electron chi connectivity index (χ0n) is 14.7. The van der Waals surface area contributed by atoms with E-state index in [-0.39, 0.29) is 23.4 Å². The number of hydrogen-bond acceptors (Lipinski definition) is 4. The van der Waals surface area contributed by atoms with Crippen molar-refractivity contribution >= 4 is 22.6 Å². The minimum Gasteiger partial charge on any atom is -0.438 e. The maximum atomic E-state index is 13.1. The summed E-state index contributed by atoms with van der Waals surface area (Å²) >= 11 is 0. The molecule has 1 N–H and O–H groups in total. The first-order valence-electron chi connectivity index (χ1n) is 8.92. The maximum absolute atomic E-state index is 13.1. The Morgan fingerprint density at radius 3 is 2.78 bits per heavy atom. The molecule has 6 heteroatoms. The van der Waals surface area contributed by atoms with E-state index in [1.165, 1.54) is 24.3 Å². The van der Waals surface area contributed by atoms with Crippen molar-refractivity contribution in [3.8, 4) is 0 Å². The van der Waals surface area contributed by atoms with Crippen LogP contribution in [0, 0.1) is 5.82 Å². The quantitative estimate of drug-likeness (QED) is 0.766. The van der Waals surface area contributed by atoms with Gasteiger partial charge in [0.05, 0.1) is 11.8 Å². The Labute approximate surface area is 155 Å². The molecule has 1 atom stereocenters. The Hall–Kier alpha value is -2.99. The van der Waals surface area contributed by atoms with Gasteiger partial charge >= 0.3 is 0 Å². The Balaban J connectivity index is 1.72. The molecule has 0 bridgehead atoms. The summed E-state index contributed by atoms with van der Waals surface area (Å²) in [4.78, 5) is 17.2. The van der Waals surface area contributed by atoms with Gasteiger partial charge in [0.2, 0.25) is 5.55 Å². The lowest BCUT2D eigenvalue weighted by Gasteiger charge is -2.11. The molecule has 5 nitrogen and oxygen atoms in total. The summed E-state index contributed by atoms with van der Waals surface area (Å²) in [5.41, 5.74) is 1.64. The molecule has 1 fully saturated rings. The van der Waals surface area contributed by atoms with Crippen LogP contribution in [0.3, 0.4) is 0 Å². The van der Waals surface area contributed by atoms with E-state index in [0.29, 0.717) is 23.4 Å². The number of nitrogens with one attached hydrogen (secondary N) is 1. The van der Waals surface area contributed by atoms with Gasteiger partial charge < -0.3 is 14.5 Å². The van der Waals surface area contributed by atoms with Gasteiger partial charge in [-0.2, -0.15) is 0 Å². The number of nitrogens with zero attached hydrogens (tertiary/aromatic N) is 1. The van der Waals surface area contributed by atoms with Gasteiger partial charge in [0.15, 0.2) is 0 Å². The first-order chi connectivity index (χ1) is 13.2. The molecule has 2 aromatic carbocycles. The molecule has 0 saturated carbocycles. The molecule has 1 amide bonds. The van der Waals surface area contributed by atoms with Gasteiger partial charge in [-0.3, -0.25) is 4.79 Å². The van der Waals surface area contributed by atoms with Crippen LogP contribution in [-0.4, -0.2) is 25.2 Å². The zero-order chi connectivity index (χ0) is 18.6. The van der Waals surface area contributed by atoms with Crippen molar-refractivity contribution in [3.05, 3.63) is 71.5 Å². The number of para-hydroxylation sites is 1. The van der Waals surface area contributed by atoms with Crippen molar-refractivity contribution in [3.63, 3.8) is 0 Å². The average molecular weight is 366 g/mol. The molecule has 2 heterocycles. The van der Waals surface area contributed by atoms with E-state index in [9.17, 15) is 9.18 Å². The second-order valence-electron chi connectivity index (χ2n) is 6.44. The molecular weight excluding hydrogens is 347 g/mol. The SMILES string of the molecule is O=C(NC[C@H]1CCCO1)c1cc2ccccc2oc1=Nc1ccc(F)cc1. The van der Waals surface area contributed by atoms with E-state index >= 15 is 0 Å². The first kappa shape index (κ1) is 17.4. The third-order valence-corrected chi connectivity index (χ3v) is 4.47. The van der Waals surface area contributed by atoms with Crippen LogP contribution in [0.15, 0.2) is 64.0 Å². The number of rotatable bonds is 4. The molecule has 1 aliphatic rings. The summed E-state index contributed by atoms with van der Waals surface area (Å²) in [6.45, 7) is 1.18. The van der Waals surface area contributed by atoms with Crippen LogP contribution in [0.5, 0.6) is 0 Å². The number of amides is 1. The highest BCUT2D eigenvalue weighted by Gasteiger charge is 2.18. The van der Waals surface area contributed by atoms with E-state index < -0.39 is 0 Å². The minimum absolute atomic E-state index is 0.0452. The molecule has 1 aromatic heterocycles. The Morgan fingerprint density at radius 2 is 2.00 bits per heavy atom. The van der Waals surface area contributed by atoms with Gasteiger partial charge in [-0.25, -0.2) is 9.38 Å². The van der Waals surface area contributed by atoms with Crippen molar-refractivity contribution < 1.29 is 18.3 Å². The van der Waals surface area contributed by atoms with E-state index in [4.69, 9.17) is 9.15 Å². The maximum Gasteiger partial charge on any atom is 0.256 e. The molecule has 1 saturated heterocycles. The molecule has 4 rings (SSSR count). The van der Waals surface area contributed by atoms with Gasteiger partial charge in [-0.15, -0.1) is 0 Å². The van der Waals surface area contributed by atoms with Crippen LogP contribution >= 0.6 is 0 Å². The summed E-state index contributed by atoms with van der Waals surface area (Å²) in [5.74, 6) is -0.625. The number of carbonyl (C=O) groups excluding carboxylic acids is 1. The summed E-state index contributed by atoms with van der Waals surface area (Å²) in [7, 11) is 0. The van der Waals surface area contributed by atoms with Gasteiger partial charge in [0, 0.05) is 18.5 Å². The second kappa shape index (κ2) is 7.72. The van der Waals surface area contributed by atoms with E-state index in [1.807, 2.05) is 24.3 Å². The number of hydrogen-bond donors (Lipinski definition) is 1. The molecule has 0 spiro atoms. The molecular formula is C21H19FN2O3. The van der Waals surface area contributed by atoms with Gasteiger partial charge in [-0.1, -0.05) is 18.2 Å². The lowest BCUT2D eigenvalue weighted by atomic mass is 10.1. The molecule has 0 aliphatic carbocycles. The fourth-order valence-corrected chi connectivity index (χ4v) is 3.05. The monoisotopic (exact) mass is 366 g/mol. The summed E-state index contributed by atoms with van der Waals surface area (Å²) in [5, 5.41) is 3.70. The predicted molar refractivity (Wildman–Crippen MR) is 99.1 cm³/mol. The topological polar surface area (TPSA) is 63.8 Å². The van der Waals surface area contributed by atoms with Crippen LogP contribution in [0.1, 0.15) is 23.2 Å². The van der Waals surface area contributed by atoms with Gasteiger partial charge in [0.1, 0.15) is 17.0 Å². The predicted octanol–water partition coefficient (Wildman–Crippen LogP) is 3.71. The number of fused-ring (bicyclic) bond motifs is 1. The Kier molecular flexibility index (Phi) is 4.98. The third kappa shape index (κ3) is 4.06. The largest absolute Gasteiger partial charge is 0.438 e. The van der Waals surface area contributed by atoms with Crippen LogP contribution in [-0.2, 0) is 4.74 Å². The normalized spacial score (nSPS) is 17.4. The number of halogens is 1. The van der Waals surface area contributed by atoms with Gasteiger partial charge in [-0.05, 0) is 49.2 Å². The third-order valence-electron chi connectivity index (χ3n) is 4.47. The number of benzene rings is 2. The standard InChI is InChI=1S/C21H19FN2O3/c22-15-7-9-16(10-8-15)24-21-18(12-14-4-1-2-6-19(14)27-21)20(25)23-13-17-5-3-11-26-17/h1-2,4,6-10,12,17H,3,5,11,13H2,(H,23,25)/t17-/m1/s1. The first-order valence-corrected chi connectivity index (χ1v) is 8.92. The minimum atomic E-state index is -0.348. The molecule has 138 valence electrons. The van der Waals surface area contributed by atoms with Crippen molar-refractivity contribution in [2.24, 2.45) is 4.99 Å². The Bertz CT molecular complexity index is 1020. The fraction of sp³-hybridized carbons (Fsp3) is 0.238. The lowest BCUT2D eigenvalue weighted by Crippen LogP contribution is -2.34. The van der Waals surface area contributed by atoms with Crippen LogP contribution in [0.4, 0.5) is 10.1 Å². The second-order valence-corrected chi connectivity index (χ2v) is 6.44. The number of carbonyl (C=O) groups is 1. The van der Waals surface area contributed by atoms with Crippen LogP contribution < -0.4 is 10.9 Å². The molecule has 1 aliphatic heterocycles. The van der Waals surface area contributed by atoms with Crippen LogP contribution in [0.25, 0.3) is 11.0 Å². The summed E-state index contributed by atoms with van der Waals surface area (Å²) < 4.78 is 24.6. The van der Waals surface area contributed by atoms with E-state index in [1.54, 1.807) is 6.07 Å². The van der Waals surface area contributed by atoms with Crippen molar-refractivity contribution in [2.45, 2.75) is 18.9 Å². The average Bonchev–Trinajstić information content (AvgIpc) is 3.21. The zero-order valence-corrected chi connectivity index (χ0v) is 14.7. The van der Waals surface area contributed by atoms with Crippen LogP contribution in [0.2, 0.25) is 0 Å². The fourth-order valence-electron chi connectivity index (χ4n) is 3.05. The number of ether oxygens (including phenoxy) is 1. The molecule has 3 aromatic rings. The van der Waals surface area contributed by atoms with Crippen molar-refractivity contribution in [2.75, 3.05) is 13.2 Å². The highest BCUT2D eigenvalue weighted by molar-refractivity contribution is 5.96. The summed E-state index contributed by atoms with van der Waals surface area (Å²) in [6.07, 6.45) is 2.00. The summed E-state index contributed by atoms with van der Waals surface area (Å²) in [6, 6.07) is 14.9.